The first-order valence-corrected chi connectivity index (χ1v) is 8.05. The molecular formula is C16H16F3N5O2. The van der Waals surface area contributed by atoms with Crippen LogP contribution in [-0.2, 0) is 6.18 Å². The summed E-state index contributed by atoms with van der Waals surface area (Å²) in [5.41, 5.74) is -0.812. The number of nitrogens with zero attached hydrogens (tertiary/aromatic N) is 4. The zero-order chi connectivity index (χ0) is 18.7. The van der Waals surface area contributed by atoms with Gasteiger partial charge in [0.1, 0.15) is 6.33 Å². The van der Waals surface area contributed by atoms with Crippen LogP contribution in [0.5, 0.6) is 0 Å². The Kier molecular flexibility index (Phi) is 4.92. The number of benzene rings is 1. The van der Waals surface area contributed by atoms with E-state index in [1.54, 1.807) is 0 Å². The molecule has 10 heteroatoms. The van der Waals surface area contributed by atoms with Gasteiger partial charge in [0.2, 0.25) is 11.6 Å². The fourth-order valence-electron chi connectivity index (χ4n) is 2.85. The predicted octanol–water partition coefficient (Wildman–Crippen LogP) is 4.14. The first-order chi connectivity index (χ1) is 12.4. The minimum atomic E-state index is -4.44. The van der Waals surface area contributed by atoms with Crippen molar-refractivity contribution in [2.75, 3.05) is 23.3 Å². The molecule has 0 amide bonds. The first-order valence-electron chi connectivity index (χ1n) is 8.05. The Labute approximate surface area is 147 Å². The number of hydrogen-bond donors (Lipinski definition) is 1. The standard InChI is InChI=1S/C16H16F3N5O2/c17-16(18,19)11-4-6-12(7-5-11)22-14-13(24(25)26)15(21-10-20-14)23-8-2-1-3-9-23/h4-7,10H,1-3,8-9H2,(H,20,21,22). The number of nitrogens with one attached hydrogen (secondary N) is 1. The van der Waals surface area contributed by atoms with Gasteiger partial charge in [-0.2, -0.15) is 13.2 Å². The molecule has 1 aromatic carbocycles. The van der Waals surface area contributed by atoms with Crippen LogP contribution in [0.25, 0.3) is 0 Å². The molecule has 0 bridgehead atoms. The lowest BCUT2D eigenvalue weighted by molar-refractivity contribution is -0.383. The zero-order valence-electron chi connectivity index (χ0n) is 13.7. The lowest BCUT2D eigenvalue weighted by atomic mass is 10.1. The van der Waals surface area contributed by atoms with E-state index in [1.807, 2.05) is 4.90 Å². The van der Waals surface area contributed by atoms with Crippen LogP contribution in [0.3, 0.4) is 0 Å². The molecule has 2 aromatic rings. The average molecular weight is 367 g/mol. The second-order valence-electron chi connectivity index (χ2n) is 5.90. The van der Waals surface area contributed by atoms with Crippen molar-refractivity contribution in [3.8, 4) is 0 Å². The highest BCUT2D eigenvalue weighted by molar-refractivity contribution is 5.74. The summed E-state index contributed by atoms with van der Waals surface area (Å²) < 4.78 is 37.9. The van der Waals surface area contributed by atoms with E-state index in [-0.39, 0.29) is 23.0 Å². The number of alkyl halides is 3. The van der Waals surface area contributed by atoms with E-state index < -0.39 is 16.7 Å². The van der Waals surface area contributed by atoms with E-state index in [9.17, 15) is 23.3 Å². The number of hydrogen-bond acceptors (Lipinski definition) is 6. The molecule has 1 N–H and O–H groups in total. The summed E-state index contributed by atoms with van der Waals surface area (Å²) in [6.07, 6.45) is -0.331. The van der Waals surface area contributed by atoms with Crippen molar-refractivity contribution in [1.82, 2.24) is 9.97 Å². The maximum Gasteiger partial charge on any atom is 0.416 e. The summed E-state index contributed by atoms with van der Waals surface area (Å²) in [6.45, 7) is 1.33. The van der Waals surface area contributed by atoms with Crippen molar-refractivity contribution in [2.45, 2.75) is 25.4 Å². The Hall–Kier alpha value is -2.91. The minimum Gasteiger partial charge on any atom is -0.351 e. The highest BCUT2D eigenvalue weighted by Crippen LogP contribution is 2.35. The molecule has 26 heavy (non-hydrogen) atoms. The van der Waals surface area contributed by atoms with E-state index >= 15 is 0 Å². The van der Waals surface area contributed by atoms with Crippen LogP contribution in [-0.4, -0.2) is 28.0 Å². The van der Waals surface area contributed by atoms with Gasteiger partial charge in [0, 0.05) is 18.8 Å². The molecule has 0 atom stereocenters. The molecule has 0 unspecified atom stereocenters. The Morgan fingerprint density at radius 1 is 1.08 bits per heavy atom. The third kappa shape index (κ3) is 3.84. The highest BCUT2D eigenvalue weighted by Gasteiger charge is 2.31. The average Bonchev–Trinajstić information content (AvgIpc) is 2.62. The molecule has 0 radical (unpaired) electrons. The molecule has 7 nitrogen and oxygen atoms in total. The van der Waals surface area contributed by atoms with Gasteiger partial charge >= 0.3 is 11.9 Å². The third-order valence-electron chi connectivity index (χ3n) is 4.12. The fraction of sp³-hybridized carbons (Fsp3) is 0.375. The summed E-state index contributed by atoms with van der Waals surface area (Å²) in [4.78, 5) is 20.8. The Balaban J connectivity index is 1.91. The minimum absolute atomic E-state index is 0.0506. The first kappa shape index (κ1) is 17.9. The van der Waals surface area contributed by atoms with Gasteiger partial charge in [-0.3, -0.25) is 10.1 Å². The van der Waals surface area contributed by atoms with Gasteiger partial charge in [0.25, 0.3) is 0 Å². The largest absolute Gasteiger partial charge is 0.416 e. The highest BCUT2D eigenvalue weighted by atomic mass is 19.4. The Morgan fingerprint density at radius 3 is 2.31 bits per heavy atom. The smallest absolute Gasteiger partial charge is 0.351 e. The molecule has 3 rings (SSSR count). The number of piperidine rings is 1. The van der Waals surface area contributed by atoms with Crippen LogP contribution < -0.4 is 10.2 Å². The summed E-state index contributed by atoms with van der Waals surface area (Å²) >= 11 is 0. The molecule has 2 heterocycles. The van der Waals surface area contributed by atoms with E-state index in [4.69, 9.17) is 0 Å². The second-order valence-corrected chi connectivity index (χ2v) is 5.90. The third-order valence-corrected chi connectivity index (χ3v) is 4.12. The maximum atomic E-state index is 12.6. The van der Waals surface area contributed by atoms with Gasteiger partial charge in [-0.15, -0.1) is 0 Å². The lowest BCUT2D eigenvalue weighted by Gasteiger charge is -2.27. The van der Waals surface area contributed by atoms with Gasteiger partial charge in [0.05, 0.1) is 10.5 Å². The van der Waals surface area contributed by atoms with Crippen LogP contribution in [0.4, 0.5) is 36.2 Å². The number of aromatic nitrogens is 2. The van der Waals surface area contributed by atoms with Crippen LogP contribution in [0.1, 0.15) is 24.8 Å². The van der Waals surface area contributed by atoms with Crippen molar-refractivity contribution >= 4 is 23.0 Å². The fourth-order valence-corrected chi connectivity index (χ4v) is 2.85. The van der Waals surface area contributed by atoms with Crippen molar-refractivity contribution in [3.05, 3.63) is 46.3 Å². The molecule has 1 saturated heterocycles. The molecule has 1 aliphatic rings. The SMILES string of the molecule is O=[N+]([O-])c1c(Nc2ccc(C(F)(F)F)cc2)ncnc1N1CCCCC1. The second kappa shape index (κ2) is 7.14. The molecule has 0 spiro atoms. The molecule has 1 aromatic heterocycles. The Bertz CT molecular complexity index is 789. The lowest BCUT2D eigenvalue weighted by Crippen LogP contribution is -2.31. The number of rotatable bonds is 4. The van der Waals surface area contributed by atoms with Crippen molar-refractivity contribution in [3.63, 3.8) is 0 Å². The van der Waals surface area contributed by atoms with Crippen LogP contribution >= 0.6 is 0 Å². The number of nitro groups is 1. The van der Waals surface area contributed by atoms with E-state index in [2.05, 4.69) is 15.3 Å². The molecule has 0 aliphatic carbocycles. The summed E-state index contributed by atoms with van der Waals surface area (Å²) in [5, 5.41) is 14.3. The zero-order valence-corrected chi connectivity index (χ0v) is 13.7. The maximum absolute atomic E-state index is 12.6. The van der Waals surface area contributed by atoms with Gasteiger partial charge < -0.3 is 10.2 Å². The van der Waals surface area contributed by atoms with Gasteiger partial charge in [0.15, 0.2) is 0 Å². The molecule has 0 saturated carbocycles. The van der Waals surface area contributed by atoms with E-state index in [0.29, 0.717) is 13.1 Å². The normalized spacial score (nSPS) is 15.0. The van der Waals surface area contributed by atoms with Gasteiger partial charge in [-0.05, 0) is 43.5 Å². The molecule has 1 fully saturated rings. The summed E-state index contributed by atoms with van der Waals surface area (Å²) in [7, 11) is 0. The molecule has 138 valence electrons. The Morgan fingerprint density at radius 2 is 1.73 bits per heavy atom. The quantitative estimate of drug-likeness (QED) is 0.646. The van der Waals surface area contributed by atoms with Crippen molar-refractivity contribution < 1.29 is 18.1 Å². The summed E-state index contributed by atoms with van der Waals surface area (Å²) in [6, 6.07) is 4.21. The number of halogens is 3. The number of anilines is 3. The van der Waals surface area contributed by atoms with E-state index in [0.717, 1.165) is 31.4 Å². The van der Waals surface area contributed by atoms with E-state index in [1.165, 1.54) is 18.5 Å². The van der Waals surface area contributed by atoms with Gasteiger partial charge in [-0.25, -0.2) is 9.97 Å². The van der Waals surface area contributed by atoms with Crippen LogP contribution in [0, 0.1) is 10.1 Å². The monoisotopic (exact) mass is 367 g/mol. The van der Waals surface area contributed by atoms with Gasteiger partial charge in [-0.1, -0.05) is 0 Å². The molecular weight excluding hydrogens is 351 g/mol. The van der Waals surface area contributed by atoms with Crippen LogP contribution in [0.2, 0.25) is 0 Å². The molecule has 1 aliphatic heterocycles. The predicted molar refractivity (Wildman–Crippen MR) is 89.5 cm³/mol. The van der Waals surface area contributed by atoms with Crippen molar-refractivity contribution in [2.24, 2.45) is 0 Å². The van der Waals surface area contributed by atoms with Crippen LogP contribution in [0.15, 0.2) is 30.6 Å². The van der Waals surface area contributed by atoms with Crippen molar-refractivity contribution in [1.29, 1.82) is 0 Å². The topological polar surface area (TPSA) is 84.2 Å². The summed E-state index contributed by atoms with van der Waals surface area (Å²) in [5.74, 6) is 0.171.